The van der Waals surface area contributed by atoms with Crippen LogP contribution in [0.3, 0.4) is 0 Å². The Balaban J connectivity index is 2.53. The van der Waals surface area contributed by atoms with Crippen LogP contribution in [0.1, 0.15) is 31.9 Å². The summed E-state index contributed by atoms with van der Waals surface area (Å²) in [6, 6.07) is 8.70. The smallest absolute Gasteiger partial charge is 0.236 e. The second kappa shape index (κ2) is 6.71. The quantitative estimate of drug-likeness (QED) is 0.882. The summed E-state index contributed by atoms with van der Waals surface area (Å²) >= 11 is 0. The van der Waals surface area contributed by atoms with Crippen molar-refractivity contribution in [2.45, 2.75) is 32.6 Å². The van der Waals surface area contributed by atoms with Crippen molar-refractivity contribution in [2.24, 2.45) is 0 Å². The van der Waals surface area contributed by atoms with Gasteiger partial charge >= 0.3 is 0 Å². The molecule has 1 aromatic rings. The van der Waals surface area contributed by atoms with E-state index in [1.54, 1.807) is 11.9 Å². The van der Waals surface area contributed by atoms with E-state index < -0.39 is 0 Å². The predicted octanol–water partition coefficient (Wildman–Crippen LogP) is 2.20. The van der Waals surface area contributed by atoms with E-state index in [1.807, 2.05) is 7.05 Å². The number of carbonyl (C=O) groups is 1. The van der Waals surface area contributed by atoms with Crippen LogP contribution in [0.15, 0.2) is 24.3 Å². The zero-order valence-electron chi connectivity index (χ0n) is 12.8. The molecule has 0 radical (unpaired) electrons. The molecule has 3 nitrogen and oxygen atoms in total. The van der Waals surface area contributed by atoms with E-state index in [4.69, 9.17) is 0 Å². The van der Waals surface area contributed by atoms with E-state index in [-0.39, 0.29) is 11.3 Å². The Morgan fingerprint density at radius 1 is 1.21 bits per heavy atom. The number of hydrogen-bond acceptors (Lipinski definition) is 2. The monoisotopic (exact) mass is 262 g/mol. The van der Waals surface area contributed by atoms with E-state index in [2.05, 4.69) is 50.4 Å². The molecule has 0 aliphatic heterocycles. The summed E-state index contributed by atoms with van der Waals surface area (Å²) < 4.78 is 0. The van der Waals surface area contributed by atoms with Crippen LogP contribution < -0.4 is 5.32 Å². The van der Waals surface area contributed by atoms with Gasteiger partial charge in [-0.05, 0) is 30.0 Å². The normalized spacial score (nSPS) is 11.4. The fourth-order valence-electron chi connectivity index (χ4n) is 1.88. The average molecular weight is 262 g/mol. The molecule has 0 saturated carbocycles. The SMILES string of the molecule is CNCC(=O)N(C)CCc1ccc(C(C)(C)C)cc1. The van der Waals surface area contributed by atoms with Gasteiger partial charge in [0.15, 0.2) is 0 Å². The number of amides is 1. The fourth-order valence-corrected chi connectivity index (χ4v) is 1.88. The van der Waals surface area contributed by atoms with Gasteiger partial charge in [0.05, 0.1) is 6.54 Å². The third kappa shape index (κ3) is 5.03. The molecule has 0 saturated heterocycles. The summed E-state index contributed by atoms with van der Waals surface area (Å²) in [5.74, 6) is 0.133. The van der Waals surface area contributed by atoms with Crippen molar-refractivity contribution in [3.63, 3.8) is 0 Å². The number of rotatable bonds is 5. The molecule has 0 unspecified atom stereocenters. The van der Waals surface area contributed by atoms with Crippen molar-refractivity contribution in [2.75, 3.05) is 27.2 Å². The minimum Gasteiger partial charge on any atom is -0.344 e. The van der Waals surface area contributed by atoms with Gasteiger partial charge in [0, 0.05) is 13.6 Å². The number of benzene rings is 1. The van der Waals surface area contributed by atoms with Gasteiger partial charge in [0.25, 0.3) is 0 Å². The highest BCUT2D eigenvalue weighted by atomic mass is 16.2. The molecule has 3 heteroatoms. The molecular formula is C16H26N2O. The maximum absolute atomic E-state index is 11.6. The van der Waals surface area contributed by atoms with Crippen LogP contribution in [0, 0.1) is 0 Å². The number of nitrogens with one attached hydrogen (secondary N) is 1. The summed E-state index contributed by atoms with van der Waals surface area (Å²) in [5, 5.41) is 2.88. The van der Waals surface area contributed by atoms with Gasteiger partial charge < -0.3 is 10.2 Å². The highest BCUT2D eigenvalue weighted by Gasteiger charge is 2.13. The second-order valence-corrected chi connectivity index (χ2v) is 6.04. The van der Waals surface area contributed by atoms with E-state index in [1.165, 1.54) is 11.1 Å². The second-order valence-electron chi connectivity index (χ2n) is 6.04. The van der Waals surface area contributed by atoms with Crippen LogP contribution in [0.4, 0.5) is 0 Å². The van der Waals surface area contributed by atoms with Gasteiger partial charge in [-0.15, -0.1) is 0 Å². The van der Waals surface area contributed by atoms with Gasteiger partial charge in [-0.3, -0.25) is 4.79 Å². The van der Waals surface area contributed by atoms with Crippen molar-refractivity contribution in [1.29, 1.82) is 0 Å². The molecule has 1 amide bonds. The zero-order chi connectivity index (χ0) is 14.5. The van der Waals surface area contributed by atoms with Gasteiger partial charge in [-0.25, -0.2) is 0 Å². The molecule has 1 aromatic carbocycles. The van der Waals surface area contributed by atoms with Gasteiger partial charge in [0.1, 0.15) is 0 Å². The van der Waals surface area contributed by atoms with Gasteiger partial charge in [0.2, 0.25) is 5.91 Å². The summed E-state index contributed by atoms with van der Waals surface area (Å²) in [6.07, 6.45) is 0.899. The predicted molar refractivity (Wildman–Crippen MR) is 80.4 cm³/mol. The lowest BCUT2D eigenvalue weighted by molar-refractivity contribution is -0.128. The first-order chi connectivity index (χ1) is 8.84. The molecule has 0 aromatic heterocycles. The molecule has 0 atom stereocenters. The number of hydrogen-bond donors (Lipinski definition) is 1. The molecule has 0 aliphatic rings. The van der Waals surface area contributed by atoms with Crippen molar-refractivity contribution in [3.8, 4) is 0 Å². The molecule has 0 aliphatic carbocycles. The molecule has 106 valence electrons. The first kappa shape index (κ1) is 15.7. The number of nitrogens with zero attached hydrogens (tertiary/aromatic N) is 1. The van der Waals surface area contributed by atoms with Crippen molar-refractivity contribution in [1.82, 2.24) is 10.2 Å². The molecular weight excluding hydrogens is 236 g/mol. The van der Waals surface area contributed by atoms with Gasteiger partial charge in [-0.1, -0.05) is 45.0 Å². The Hall–Kier alpha value is -1.35. The summed E-state index contributed by atoms with van der Waals surface area (Å²) in [4.78, 5) is 13.4. The summed E-state index contributed by atoms with van der Waals surface area (Å²) in [6.45, 7) is 7.80. The maximum atomic E-state index is 11.6. The molecule has 19 heavy (non-hydrogen) atoms. The Morgan fingerprint density at radius 3 is 2.26 bits per heavy atom. The van der Waals surface area contributed by atoms with Crippen LogP contribution in [-0.2, 0) is 16.6 Å². The van der Waals surface area contributed by atoms with Crippen LogP contribution in [0.2, 0.25) is 0 Å². The summed E-state index contributed by atoms with van der Waals surface area (Å²) in [5.41, 5.74) is 2.81. The van der Waals surface area contributed by atoms with Gasteiger partial charge in [-0.2, -0.15) is 0 Å². The third-order valence-corrected chi connectivity index (χ3v) is 3.31. The average Bonchev–Trinajstić information content (AvgIpc) is 2.35. The topological polar surface area (TPSA) is 32.3 Å². The van der Waals surface area contributed by atoms with Crippen LogP contribution >= 0.6 is 0 Å². The maximum Gasteiger partial charge on any atom is 0.236 e. The molecule has 0 heterocycles. The van der Waals surface area contributed by atoms with E-state index in [0.29, 0.717) is 6.54 Å². The molecule has 0 bridgehead atoms. The fraction of sp³-hybridized carbons (Fsp3) is 0.562. The first-order valence-electron chi connectivity index (χ1n) is 6.82. The largest absolute Gasteiger partial charge is 0.344 e. The molecule has 1 rings (SSSR count). The Bertz CT molecular complexity index is 404. The van der Waals surface area contributed by atoms with Crippen LogP contribution in [0.5, 0.6) is 0 Å². The lowest BCUT2D eigenvalue weighted by Gasteiger charge is -2.20. The highest BCUT2D eigenvalue weighted by Crippen LogP contribution is 2.22. The zero-order valence-corrected chi connectivity index (χ0v) is 12.8. The summed E-state index contributed by atoms with van der Waals surface area (Å²) in [7, 11) is 3.64. The van der Waals surface area contributed by atoms with Crippen LogP contribution in [-0.4, -0.2) is 38.0 Å². The lowest BCUT2D eigenvalue weighted by atomic mass is 9.86. The van der Waals surface area contributed by atoms with Crippen molar-refractivity contribution >= 4 is 5.91 Å². The molecule has 1 N–H and O–H groups in total. The van der Waals surface area contributed by atoms with E-state index >= 15 is 0 Å². The first-order valence-corrected chi connectivity index (χ1v) is 6.82. The van der Waals surface area contributed by atoms with Crippen molar-refractivity contribution in [3.05, 3.63) is 35.4 Å². The molecule has 0 spiro atoms. The number of likely N-dealkylation sites (N-methyl/N-ethyl adjacent to an activating group) is 2. The van der Waals surface area contributed by atoms with Crippen molar-refractivity contribution < 1.29 is 4.79 Å². The van der Waals surface area contributed by atoms with E-state index in [9.17, 15) is 4.79 Å². The highest BCUT2D eigenvalue weighted by molar-refractivity contribution is 5.77. The Labute approximate surface area is 117 Å². The Kier molecular flexibility index (Phi) is 5.55. The standard InChI is InChI=1S/C16H26N2O/c1-16(2,3)14-8-6-13(7-9-14)10-11-18(5)15(19)12-17-4/h6-9,17H,10-12H2,1-5H3. The lowest BCUT2D eigenvalue weighted by Crippen LogP contribution is -2.35. The third-order valence-electron chi connectivity index (χ3n) is 3.31. The minimum absolute atomic E-state index is 0.133. The number of carbonyl (C=O) groups excluding carboxylic acids is 1. The van der Waals surface area contributed by atoms with E-state index in [0.717, 1.165) is 13.0 Å². The van der Waals surface area contributed by atoms with Crippen LogP contribution in [0.25, 0.3) is 0 Å². The molecule has 0 fully saturated rings. The Morgan fingerprint density at radius 2 is 1.79 bits per heavy atom. The minimum atomic E-state index is 0.133.